The molecular formula is C21H28N4OS. The highest BCUT2D eigenvalue weighted by atomic mass is 32.2. The number of guanidine groups is 1. The predicted molar refractivity (Wildman–Crippen MR) is 112 cm³/mol. The van der Waals surface area contributed by atoms with Gasteiger partial charge in [0.15, 0.2) is 5.96 Å². The molecule has 144 valence electrons. The van der Waals surface area contributed by atoms with Crippen molar-refractivity contribution in [1.29, 1.82) is 0 Å². The van der Waals surface area contributed by atoms with Crippen LogP contribution in [0.15, 0.2) is 70.6 Å². The van der Waals surface area contributed by atoms with Crippen LogP contribution in [0.5, 0.6) is 0 Å². The van der Waals surface area contributed by atoms with Gasteiger partial charge in [0.2, 0.25) is 0 Å². The van der Waals surface area contributed by atoms with Gasteiger partial charge in [-0.1, -0.05) is 48.5 Å². The zero-order valence-corrected chi connectivity index (χ0v) is 16.7. The molecule has 1 heterocycles. The smallest absolute Gasteiger partial charge is 0.193 e. The van der Waals surface area contributed by atoms with Crippen molar-refractivity contribution in [3.05, 3.63) is 66.2 Å². The summed E-state index contributed by atoms with van der Waals surface area (Å²) >= 11 is 0. The van der Waals surface area contributed by atoms with Crippen LogP contribution in [0.2, 0.25) is 0 Å². The molecule has 1 fully saturated rings. The minimum atomic E-state index is -0.979. The maximum Gasteiger partial charge on any atom is 0.193 e. The fourth-order valence-electron chi connectivity index (χ4n) is 3.24. The molecule has 0 aliphatic carbocycles. The summed E-state index contributed by atoms with van der Waals surface area (Å²) in [6, 6.07) is 20.2. The SMILES string of the molecule is CN=C(NCCS(=O)c1ccccc1)N1CCN(Cc2ccccc2)CC1. The summed E-state index contributed by atoms with van der Waals surface area (Å²) in [6.07, 6.45) is 0. The molecule has 0 radical (unpaired) electrons. The molecule has 1 saturated heterocycles. The van der Waals surface area contributed by atoms with Gasteiger partial charge in [0.25, 0.3) is 0 Å². The molecule has 1 N–H and O–H groups in total. The third kappa shape index (κ3) is 5.91. The van der Waals surface area contributed by atoms with Crippen molar-refractivity contribution >= 4 is 16.8 Å². The van der Waals surface area contributed by atoms with Gasteiger partial charge < -0.3 is 10.2 Å². The number of benzene rings is 2. The molecule has 0 bridgehead atoms. The van der Waals surface area contributed by atoms with E-state index in [9.17, 15) is 4.21 Å². The normalized spacial score (nSPS) is 16.9. The summed E-state index contributed by atoms with van der Waals surface area (Å²) in [7, 11) is 0.833. The highest BCUT2D eigenvalue weighted by molar-refractivity contribution is 7.85. The average Bonchev–Trinajstić information content (AvgIpc) is 2.73. The lowest BCUT2D eigenvalue weighted by molar-refractivity contribution is 0.172. The van der Waals surface area contributed by atoms with E-state index in [1.54, 1.807) is 0 Å². The Morgan fingerprint density at radius 1 is 1.00 bits per heavy atom. The fraction of sp³-hybridized carbons (Fsp3) is 0.381. The monoisotopic (exact) mass is 384 g/mol. The number of hydrogen-bond donors (Lipinski definition) is 1. The molecule has 0 aromatic heterocycles. The number of hydrogen-bond acceptors (Lipinski definition) is 3. The first-order valence-electron chi connectivity index (χ1n) is 9.41. The molecule has 1 unspecified atom stereocenters. The van der Waals surface area contributed by atoms with Crippen LogP contribution in [0.3, 0.4) is 0 Å². The third-order valence-electron chi connectivity index (χ3n) is 4.71. The maximum absolute atomic E-state index is 12.3. The Morgan fingerprint density at radius 3 is 2.26 bits per heavy atom. The summed E-state index contributed by atoms with van der Waals surface area (Å²) in [5.41, 5.74) is 1.36. The molecule has 0 amide bonds. The predicted octanol–water partition coefficient (Wildman–Crippen LogP) is 2.19. The summed E-state index contributed by atoms with van der Waals surface area (Å²) in [5.74, 6) is 1.48. The molecule has 3 rings (SSSR count). The molecule has 1 atom stereocenters. The summed E-state index contributed by atoms with van der Waals surface area (Å²) in [6.45, 7) is 5.59. The lowest BCUT2D eigenvalue weighted by Crippen LogP contribution is -2.52. The Hall–Kier alpha value is -2.18. The first-order valence-corrected chi connectivity index (χ1v) is 10.7. The van der Waals surface area contributed by atoms with Gasteiger partial charge in [-0.3, -0.25) is 14.1 Å². The Balaban J connectivity index is 1.42. The van der Waals surface area contributed by atoms with Gasteiger partial charge in [0, 0.05) is 57.0 Å². The molecule has 0 spiro atoms. The first kappa shape index (κ1) is 19.6. The zero-order chi connectivity index (χ0) is 18.9. The van der Waals surface area contributed by atoms with Crippen molar-refractivity contribution in [2.75, 3.05) is 45.5 Å². The number of nitrogens with zero attached hydrogens (tertiary/aromatic N) is 3. The van der Waals surface area contributed by atoms with Gasteiger partial charge in [-0.05, 0) is 17.7 Å². The van der Waals surface area contributed by atoms with Crippen molar-refractivity contribution in [2.24, 2.45) is 4.99 Å². The third-order valence-corrected chi connectivity index (χ3v) is 6.08. The molecule has 1 aliphatic rings. The van der Waals surface area contributed by atoms with Crippen LogP contribution in [0, 0.1) is 0 Å². The zero-order valence-electron chi connectivity index (χ0n) is 15.9. The van der Waals surface area contributed by atoms with E-state index in [0.29, 0.717) is 12.3 Å². The van der Waals surface area contributed by atoms with E-state index < -0.39 is 10.8 Å². The maximum atomic E-state index is 12.3. The van der Waals surface area contributed by atoms with E-state index in [4.69, 9.17) is 0 Å². The standard InChI is InChI=1S/C21H28N4OS/c1-22-21(23-12-17-27(26)20-10-6-3-7-11-20)25-15-13-24(14-16-25)18-19-8-4-2-5-9-19/h2-11H,12-18H2,1H3,(H,22,23). The van der Waals surface area contributed by atoms with E-state index in [2.05, 4.69) is 50.4 Å². The van der Waals surface area contributed by atoms with Crippen molar-refractivity contribution < 1.29 is 4.21 Å². The van der Waals surface area contributed by atoms with Crippen molar-refractivity contribution in [3.63, 3.8) is 0 Å². The van der Waals surface area contributed by atoms with Crippen molar-refractivity contribution in [1.82, 2.24) is 15.1 Å². The highest BCUT2D eigenvalue weighted by Crippen LogP contribution is 2.09. The van der Waals surface area contributed by atoms with E-state index >= 15 is 0 Å². The van der Waals surface area contributed by atoms with E-state index in [1.807, 2.05) is 37.4 Å². The van der Waals surface area contributed by atoms with Crippen molar-refractivity contribution in [2.45, 2.75) is 11.4 Å². The van der Waals surface area contributed by atoms with Crippen LogP contribution in [0.25, 0.3) is 0 Å². The molecule has 2 aromatic rings. The number of aliphatic imine (C=N–C) groups is 1. The van der Waals surface area contributed by atoms with Crippen LogP contribution in [0.4, 0.5) is 0 Å². The van der Waals surface area contributed by atoms with Gasteiger partial charge in [-0.25, -0.2) is 0 Å². The fourth-order valence-corrected chi connectivity index (χ4v) is 4.22. The summed E-state index contributed by atoms with van der Waals surface area (Å²) < 4.78 is 12.3. The Morgan fingerprint density at radius 2 is 1.63 bits per heavy atom. The van der Waals surface area contributed by atoms with E-state index in [0.717, 1.165) is 43.6 Å². The van der Waals surface area contributed by atoms with E-state index in [1.165, 1.54) is 5.56 Å². The van der Waals surface area contributed by atoms with Crippen LogP contribution < -0.4 is 5.32 Å². The van der Waals surface area contributed by atoms with Crippen LogP contribution in [0.1, 0.15) is 5.56 Å². The largest absolute Gasteiger partial charge is 0.355 e. The van der Waals surface area contributed by atoms with Gasteiger partial charge in [-0.2, -0.15) is 0 Å². The van der Waals surface area contributed by atoms with Crippen LogP contribution >= 0.6 is 0 Å². The second kappa shape index (κ2) is 10.2. The van der Waals surface area contributed by atoms with Gasteiger partial charge in [0.05, 0.1) is 10.8 Å². The summed E-state index contributed by atoms with van der Waals surface area (Å²) in [5, 5.41) is 3.37. The lowest BCUT2D eigenvalue weighted by atomic mass is 10.2. The lowest BCUT2D eigenvalue weighted by Gasteiger charge is -2.36. The molecular weight excluding hydrogens is 356 g/mol. The Kier molecular flexibility index (Phi) is 7.42. The van der Waals surface area contributed by atoms with Gasteiger partial charge in [0.1, 0.15) is 0 Å². The average molecular weight is 385 g/mol. The molecule has 27 heavy (non-hydrogen) atoms. The highest BCUT2D eigenvalue weighted by Gasteiger charge is 2.19. The van der Waals surface area contributed by atoms with Crippen LogP contribution in [-0.2, 0) is 17.3 Å². The Labute approximate surface area is 164 Å². The molecule has 1 aliphatic heterocycles. The molecule has 6 heteroatoms. The number of rotatable bonds is 6. The summed E-state index contributed by atoms with van der Waals surface area (Å²) in [4.78, 5) is 10.0. The van der Waals surface area contributed by atoms with Gasteiger partial charge >= 0.3 is 0 Å². The number of piperazine rings is 1. The van der Waals surface area contributed by atoms with Crippen LogP contribution in [-0.4, -0.2) is 65.5 Å². The number of nitrogens with one attached hydrogen (secondary N) is 1. The first-order chi connectivity index (χ1) is 13.3. The second-order valence-electron chi connectivity index (χ2n) is 6.59. The van der Waals surface area contributed by atoms with Crippen molar-refractivity contribution in [3.8, 4) is 0 Å². The quantitative estimate of drug-likeness (QED) is 0.613. The molecule has 5 nitrogen and oxygen atoms in total. The van der Waals surface area contributed by atoms with Gasteiger partial charge in [-0.15, -0.1) is 0 Å². The topological polar surface area (TPSA) is 47.9 Å². The second-order valence-corrected chi connectivity index (χ2v) is 8.16. The minimum absolute atomic E-state index is 0.580. The van der Waals surface area contributed by atoms with E-state index in [-0.39, 0.29) is 0 Å². The Bertz CT molecular complexity index is 743. The minimum Gasteiger partial charge on any atom is -0.355 e. The molecule has 2 aromatic carbocycles. The molecule has 0 saturated carbocycles.